The van der Waals surface area contributed by atoms with Crippen molar-refractivity contribution < 1.29 is 5.11 Å². The highest BCUT2D eigenvalue weighted by atomic mass is 16.3. The summed E-state index contributed by atoms with van der Waals surface area (Å²) >= 11 is 0. The summed E-state index contributed by atoms with van der Waals surface area (Å²) in [5.41, 5.74) is 0.0647. The van der Waals surface area contributed by atoms with Crippen molar-refractivity contribution >= 4 is 0 Å². The molecule has 2 heteroatoms. The fraction of sp³-hybridized carbons (Fsp3) is 1.00. The summed E-state index contributed by atoms with van der Waals surface area (Å²) in [5, 5.41) is 13.1. The quantitative estimate of drug-likeness (QED) is 0.665. The standard InChI is InChI=1S/C13H27NO/c1-12(2)7-6-10-14-13(11-15)8-4-3-5-9-13/h12,14-15H,3-11H2,1-2H3. The normalized spacial score (nSPS) is 20.8. The van der Waals surface area contributed by atoms with Gasteiger partial charge in [-0.3, -0.25) is 0 Å². The lowest BCUT2D eigenvalue weighted by Crippen LogP contribution is -2.50. The van der Waals surface area contributed by atoms with Crippen LogP contribution in [-0.2, 0) is 0 Å². The van der Waals surface area contributed by atoms with Crippen molar-refractivity contribution in [1.82, 2.24) is 5.32 Å². The van der Waals surface area contributed by atoms with Gasteiger partial charge in [-0.1, -0.05) is 33.1 Å². The van der Waals surface area contributed by atoms with Crippen LogP contribution in [0, 0.1) is 5.92 Å². The smallest absolute Gasteiger partial charge is 0.0613 e. The molecule has 0 spiro atoms. The Bertz CT molecular complexity index is 162. The van der Waals surface area contributed by atoms with Gasteiger partial charge < -0.3 is 10.4 Å². The van der Waals surface area contributed by atoms with E-state index >= 15 is 0 Å². The third-order valence-electron chi connectivity index (χ3n) is 3.57. The molecule has 2 nitrogen and oxygen atoms in total. The van der Waals surface area contributed by atoms with E-state index in [1.165, 1.54) is 32.1 Å². The van der Waals surface area contributed by atoms with Crippen LogP contribution in [-0.4, -0.2) is 23.8 Å². The molecule has 1 fully saturated rings. The van der Waals surface area contributed by atoms with Crippen molar-refractivity contribution in [3.8, 4) is 0 Å². The lowest BCUT2D eigenvalue weighted by Gasteiger charge is -2.36. The van der Waals surface area contributed by atoms with Crippen LogP contribution < -0.4 is 5.32 Å². The number of aliphatic hydroxyl groups is 1. The maximum absolute atomic E-state index is 9.49. The van der Waals surface area contributed by atoms with Crippen molar-refractivity contribution in [3.05, 3.63) is 0 Å². The highest BCUT2D eigenvalue weighted by Gasteiger charge is 2.30. The fourth-order valence-corrected chi connectivity index (χ4v) is 2.48. The number of rotatable bonds is 6. The van der Waals surface area contributed by atoms with Crippen LogP contribution >= 0.6 is 0 Å². The van der Waals surface area contributed by atoms with E-state index in [1.54, 1.807) is 0 Å². The Labute approximate surface area is 94.5 Å². The first-order chi connectivity index (χ1) is 7.18. The molecule has 0 aromatic rings. The van der Waals surface area contributed by atoms with E-state index in [9.17, 15) is 5.11 Å². The van der Waals surface area contributed by atoms with Gasteiger partial charge in [0.05, 0.1) is 6.61 Å². The minimum Gasteiger partial charge on any atom is -0.394 e. The Kier molecular flexibility index (Phi) is 5.62. The summed E-state index contributed by atoms with van der Waals surface area (Å²) in [5.74, 6) is 0.795. The Morgan fingerprint density at radius 3 is 2.40 bits per heavy atom. The summed E-state index contributed by atoms with van der Waals surface area (Å²) in [6, 6.07) is 0. The molecule has 2 N–H and O–H groups in total. The van der Waals surface area contributed by atoms with Gasteiger partial charge in [-0.15, -0.1) is 0 Å². The number of nitrogens with one attached hydrogen (secondary N) is 1. The fourth-order valence-electron chi connectivity index (χ4n) is 2.48. The molecular formula is C13H27NO. The summed E-state index contributed by atoms with van der Waals surface area (Å²) in [4.78, 5) is 0. The molecule has 15 heavy (non-hydrogen) atoms. The molecule has 0 amide bonds. The molecule has 0 aliphatic heterocycles. The van der Waals surface area contributed by atoms with Crippen LogP contribution in [0.1, 0.15) is 58.8 Å². The Morgan fingerprint density at radius 2 is 1.87 bits per heavy atom. The van der Waals surface area contributed by atoms with Gasteiger partial charge in [0.25, 0.3) is 0 Å². The van der Waals surface area contributed by atoms with Crippen molar-refractivity contribution in [1.29, 1.82) is 0 Å². The topological polar surface area (TPSA) is 32.3 Å². The molecule has 0 atom stereocenters. The molecule has 90 valence electrons. The second-order valence-electron chi connectivity index (χ2n) is 5.46. The third kappa shape index (κ3) is 4.52. The molecule has 1 aliphatic rings. The van der Waals surface area contributed by atoms with E-state index in [0.29, 0.717) is 6.61 Å². The molecular weight excluding hydrogens is 186 g/mol. The van der Waals surface area contributed by atoms with E-state index in [4.69, 9.17) is 0 Å². The Morgan fingerprint density at radius 1 is 1.20 bits per heavy atom. The predicted molar refractivity (Wildman–Crippen MR) is 65.0 cm³/mol. The Hall–Kier alpha value is -0.0800. The first-order valence-corrected chi connectivity index (χ1v) is 6.54. The van der Waals surface area contributed by atoms with Gasteiger partial charge in [0, 0.05) is 5.54 Å². The minimum atomic E-state index is 0.0647. The molecule has 0 unspecified atom stereocenters. The van der Waals surface area contributed by atoms with Crippen molar-refractivity contribution in [2.75, 3.05) is 13.2 Å². The van der Waals surface area contributed by atoms with Gasteiger partial charge in [-0.05, 0) is 38.1 Å². The predicted octanol–water partition coefficient (Wildman–Crippen LogP) is 2.71. The van der Waals surface area contributed by atoms with E-state index in [0.717, 1.165) is 25.3 Å². The van der Waals surface area contributed by atoms with E-state index in [2.05, 4.69) is 19.2 Å². The average molecular weight is 213 g/mol. The molecule has 1 aliphatic carbocycles. The van der Waals surface area contributed by atoms with Crippen LogP contribution in [0.15, 0.2) is 0 Å². The zero-order valence-corrected chi connectivity index (χ0v) is 10.4. The Balaban J connectivity index is 2.20. The van der Waals surface area contributed by atoms with Crippen molar-refractivity contribution in [3.63, 3.8) is 0 Å². The highest BCUT2D eigenvalue weighted by molar-refractivity contribution is 4.90. The molecule has 1 rings (SSSR count). The lowest BCUT2D eigenvalue weighted by molar-refractivity contribution is 0.120. The monoisotopic (exact) mass is 213 g/mol. The molecule has 0 aromatic carbocycles. The van der Waals surface area contributed by atoms with Crippen molar-refractivity contribution in [2.45, 2.75) is 64.3 Å². The minimum absolute atomic E-state index is 0.0647. The first kappa shape index (κ1) is 13.0. The van der Waals surface area contributed by atoms with Gasteiger partial charge in [0.2, 0.25) is 0 Å². The number of hydrogen-bond donors (Lipinski definition) is 2. The van der Waals surface area contributed by atoms with Gasteiger partial charge in [0.1, 0.15) is 0 Å². The summed E-state index contributed by atoms with van der Waals surface area (Å²) in [6.45, 7) is 5.91. The molecule has 0 aromatic heterocycles. The lowest BCUT2D eigenvalue weighted by atomic mass is 9.82. The molecule has 0 saturated heterocycles. The maximum Gasteiger partial charge on any atom is 0.0613 e. The zero-order chi connectivity index (χ0) is 11.1. The van der Waals surface area contributed by atoms with Crippen LogP contribution in [0.3, 0.4) is 0 Å². The number of hydrogen-bond acceptors (Lipinski definition) is 2. The van der Waals surface area contributed by atoms with Gasteiger partial charge in [-0.2, -0.15) is 0 Å². The van der Waals surface area contributed by atoms with Crippen LogP contribution in [0.4, 0.5) is 0 Å². The summed E-state index contributed by atoms with van der Waals surface area (Å²) < 4.78 is 0. The van der Waals surface area contributed by atoms with E-state index in [-0.39, 0.29) is 5.54 Å². The van der Waals surface area contributed by atoms with Crippen LogP contribution in [0.2, 0.25) is 0 Å². The average Bonchev–Trinajstić information content (AvgIpc) is 2.26. The molecule has 0 bridgehead atoms. The van der Waals surface area contributed by atoms with Gasteiger partial charge in [-0.25, -0.2) is 0 Å². The molecule has 0 heterocycles. The van der Waals surface area contributed by atoms with Crippen molar-refractivity contribution in [2.24, 2.45) is 5.92 Å². The summed E-state index contributed by atoms with van der Waals surface area (Å²) in [6.07, 6.45) is 8.73. The first-order valence-electron chi connectivity index (χ1n) is 6.54. The second-order valence-corrected chi connectivity index (χ2v) is 5.46. The van der Waals surface area contributed by atoms with Crippen LogP contribution in [0.25, 0.3) is 0 Å². The number of aliphatic hydroxyl groups excluding tert-OH is 1. The van der Waals surface area contributed by atoms with E-state index in [1.807, 2.05) is 0 Å². The summed E-state index contributed by atoms with van der Waals surface area (Å²) in [7, 11) is 0. The van der Waals surface area contributed by atoms with Crippen LogP contribution in [0.5, 0.6) is 0 Å². The maximum atomic E-state index is 9.49. The SMILES string of the molecule is CC(C)CCCNC1(CO)CCCCC1. The zero-order valence-electron chi connectivity index (χ0n) is 10.4. The van der Waals surface area contributed by atoms with E-state index < -0.39 is 0 Å². The van der Waals surface area contributed by atoms with Gasteiger partial charge in [0.15, 0.2) is 0 Å². The second kappa shape index (κ2) is 6.49. The third-order valence-corrected chi connectivity index (χ3v) is 3.57. The largest absolute Gasteiger partial charge is 0.394 e. The van der Waals surface area contributed by atoms with Gasteiger partial charge >= 0.3 is 0 Å². The molecule has 0 radical (unpaired) electrons. The molecule has 1 saturated carbocycles. The highest BCUT2D eigenvalue weighted by Crippen LogP contribution is 2.27.